The van der Waals surface area contributed by atoms with E-state index < -0.39 is 5.25 Å². The summed E-state index contributed by atoms with van der Waals surface area (Å²) in [5, 5.41) is 20.8. The molecule has 0 aliphatic carbocycles. The SMILES string of the molecule is CC(Sc1nnc(-c2ccc(F)cc2)n1CC1CCCO1)C(=O)Nc1ccccc1C#N. The summed E-state index contributed by atoms with van der Waals surface area (Å²) < 4.78 is 21.1. The number of amides is 1. The molecule has 3 aromatic rings. The van der Waals surface area contributed by atoms with Gasteiger partial charge in [0.15, 0.2) is 11.0 Å². The van der Waals surface area contributed by atoms with Crippen LogP contribution in [-0.4, -0.2) is 38.6 Å². The highest BCUT2D eigenvalue weighted by Crippen LogP contribution is 2.29. The molecule has 4 rings (SSSR count). The standard InChI is InChI=1S/C23H22FN5O2S/c1-15(22(30)26-20-7-3-2-5-17(20)13-25)32-23-28-27-21(16-8-10-18(24)11-9-16)29(23)14-19-6-4-12-31-19/h2-3,5,7-11,15,19H,4,6,12,14H2,1H3,(H,26,30). The summed E-state index contributed by atoms with van der Waals surface area (Å²) in [5.41, 5.74) is 1.61. The molecule has 0 spiro atoms. The second-order valence-corrected chi connectivity index (χ2v) is 8.77. The molecule has 32 heavy (non-hydrogen) atoms. The van der Waals surface area contributed by atoms with Crippen molar-refractivity contribution >= 4 is 23.4 Å². The molecule has 0 saturated carbocycles. The smallest absolute Gasteiger partial charge is 0.237 e. The lowest BCUT2D eigenvalue weighted by molar-refractivity contribution is -0.115. The van der Waals surface area contributed by atoms with Gasteiger partial charge in [0.25, 0.3) is 0 Å². The number of nitriles is 1. The number of hydrogen-bond donors (Lipinski definition) is 1. The Morgan fingerprint density at radius 1 is 1.31 bits per heavy atom. The normalized spacial score (nSPS) is 16.5. The van der Waals surface area contributed by atoms with Crippen LogP contribution in [0.1, 0.15) is 25.3 Å². The molecule has 0 radical (unpaired) electrons. The monoisotopic (exact) mass is 451 g/mol. The first-order valence-corrected chi connectivity index (χ1v) is 11.2. The Balaban J connectivity index is 1.56. The van der Waals surface area contributed by atoms with Crippen LogP contribution in [0, 0.1) is 17.1 Å². The van der Waals surface area contributed by atoms with Crippen LogP contribution in [-0.2, 0) is 16.1 Å². The molecule has 0 bridgehead atoms. The Labute approximate surface area is 189 Å². The van der Waals surface area contributed by atoms with Crippen LogP contribution in [0.2, 0.25) is 0 Å². The number of nitrogens with zero attached hydrogens (tertiary/aromatic N) is 4. The van der Waals surface area contributed by atoms with E-state index in [4.69, 9.17) is 4.74 Å². The number of rotatable bonds is 7. The van der Waals surface area contributed by atoms with E-state index in [1.807, 2.05) is 4.57 Å². The predicted octanol–water partition coefficient (Wildman–Crippen LogP) is 4.25. The fourth-order valence-electron chi connectivity index (χ4n) is 3.48. The molecule has 1 aromatic heterocycles. The summed E-state index contributed by atoms with van der Waals surface area (Å²) >= 11 is 1.28. The van der Waals surface area contributed by atoms with Gasteiger partial charge in [0.1, 0.15) is 11.9 Å². The summed E-state index contributed by atoms with van der Waals surface area (Å²) in [6.07, 6.45) is 1.97. The fourth-order valence-corrected chi connectivity index (χ4v) is 4.34. The highest BCUT2D eigenvalue weighted by molar-refractivity contribution is 8.00. The highest BCUT2D eigenvalue weighted by Gasteiger charge is 2.25. The number of halogens is 1. The number of anilines is 1. The maximum atomic E-state index is 13.4. The van der Waals surface area contributed by atoms with Crippen LogP contribution in [0.15, 0.2) is 53.7 Å². The van der Waals surface area contributed by atoms with E-state index in [1.165, 1.54) is 23.9 Å². The van der Waals surface area contributed by atoms with Crippen molar-refractivity contribution in [3.63, 3.8) is 0 Å². The van der Waals surface area contributed by atoms with Crippen LogP contribution in [0.4, 0.5) is 10.1 Å². The zero-order chi connectivity index (χ0) is 22.5. The average Bonchev–Trinajstić information content (AvgIpc) is 3.45. The first-order chi connectivity index (χ1) is 15.5. The Hall–Kier alpha value is -3.22. The van der Waals surface area contributed by atoms with E-state index in [1.54, 1.807) is 43.3 Å². The molecule has 2 atom stereocenters. The lowest BCUT2D eigenvalue weighted by atomic mass is 10.2. The molecule has 2 heterocycles. The number of para-hydroxylation sites is 1. The van der Waals surface area contributed by atoms with E-state index in [0.717, 1.165) is 25.0 Å². The Morgan fingerprint density at radius 2 is 2.09 bits per heavy atom. The van der Waals surface area contributed by atoms with E-state index in [9.17, 15) is 14.4 Å². The topological polar surface area (TPSA) is 92.8 Å². The van der Waals surface area contributed by atoms with Crippen molar-refractivity contribution in [1.82, 2.24) is 14.8 Å². The number of carbonyl (C=O) groups is 1. The number of carbonyl (C=O) groups excluding carboxylic acids is 1. The second-order valence-electron chi connectivity index (χ2n) is 7.47. The molecule has 1 saturated heterocycles. The van der Waals surface area contributed by atoms with Crippen molar-refractivity contribution in [2.75, 3.05) is 11.9 Å². The highest BCUT2D eigenvalue weighted by atomic mass is 32.2. The van der Waals surface area contributed by atoms with Crippen LogP contribution < -0.4 is 5.32 Å². The van der Waals surface area contributed by atoms with E-state index in [-0.39, 0.29) is 17.8 Å². The van der Waals surface area contributed by atoms with Crippen LogP contribution in [0.25, 0.3) is 11.4 Å². The molecular weight excluding hydrogens is 429 g/mol. The van der Waals surface area contributed by atoms with Crippen molar-refractivity contribution in [2.45, 2.75) is 42.8 Å². The molecule has 2 aromatic carbocycles. The van der Waals surface area contributed by atoms with Gasteiger partial charge in [0.05, 0.1) is 29.1 Å². The molecule has 1 fully saturated rings. The zero-order valence-corrected chi connectivity index (χ0v) is 18.3. The first kappa shape index (κ1) is 22.0. The van der Waals surface area contributed by atoms with Crippen LogP contribution >= 0.6 is 11.8 Å². The number of benzene rings is 2. The molecule has 9 heteroatoms. The van der Waals surface area contributed by atoms with Crippen LogP contribution in [0.5, 0.6) is 0 Å². The fraction of sp³-hybridized carbons (Fsp3) is 0.304. The van der Waals surface area contributed by atoms with Gasteiger partial charge in [-0.2, -0.15) is 5.26 Å². The van der Waals surface area contributed by atoms with E-state index >= 15 is 0 Å². The van der Waals surface area contributed by atoms with Crippen molar-refractivity contribution < 1.29 is 13.9 Å². The first-order valence-electron chi connectivity index (χ1n) is 10.3. The van der Waals surface area contributed by atoms with Gasteiger partial charge in [-0.25, -0.2) is 4.39 Å². The van der Waals surface area contributed by atoms with Crippen molar-refractivity contribution in [3.8, 4) is 17.5 Å². The molecule has 164 valence electrons. The third kappa shape index (κ3) is 4.98. The zero-order valence-electron chi connectivity index (χ0n) is 17.5. The van der Waals surface area contributed by atoms with Gasteiger partial charge in [-0.3, -0.25) is 9.36 Å². The molecule has 2 unspecified atom stereocenters. The summed E-state index contributed by atoms with van der Waals surface area (Å²) in [7, 11) is 0. The van der Waals surface area contributed by atoms with Crippen molar-refractivity contribution in [2.24, 2.45) is 0 Å². The summed E-state index contributed by atoms with van der Waals surface area (Å²) in [6, 6.07) is 15.0. The van der Waals surface area contributed by atoms with E-state index in [0.29, 0.717) is 28.8 Å². The number of aromatic nitrogens is 3. The molecular formula is C23H22FN5O2S. The van der Waals surface area contributed by atoms with Crippen LogP contribution in [0.3, 0.4) is 0 Å². The van der Waals surface area contributed by atoms with Gasteiger partial charge in [-0.05, 0) is 56.2 Å². The second kappa shape index (κ2) is 9.94. The minimum absolute atomic E-state index is 0.0381. The third-order valence-corrected chi connectivity index (χ3v) is 6.27. The molecule has 1 aliphatic rings. The number of hydrogen-bond acceptors (Lipinski definition) is 6. The van der Waals surface area contributed by atoms with E-state index in [2.05, 4.69) is 21.6 Å². The Kier molecular flexibility index (Phi) is 6.83. The molecule has 1 amide bonds. The van der Waals surface area contributed by atoms with Gasteiger partial charge in [0.2, 0.25) is 5.91 Å². The number of thioether (sulfide) groups is 1. The Morgan fingerprint density at radius 3 is 2.81 bits per heavy atom. The minimum Gasteiger partial charge on any atom is -0.376 e. The van der Waals surface area contributed by atoms with Crippen molar-refractivity contribution in [1.29, 1.82) is 5.26 Å². The average molecular weight is 452 g/mol. The predicted molar refractivity (Wildman–Crippen MR) is 119 cm³/mol. The summed E-state index contributed by atoms with van der Waals surface area (Å²) in [6.45, 7) is 3.05. The maximum Gasteiger partial charge on any atom is 0.237 e. The lowest BCUT2D eigenvalue weighted by Gasteiger charge is -2.17. The van der Waals surface area contributed by atoms with Gasteiger partial charge < -0.3 is 10.1 Å². The Bertz CT molecular complexity index is 1140. The lowest BCUT2D eigenvalue weighted by Crippen LogP contribution is -2.24. The van der Waals surface area contributed by atoms with Gasteiger partial charge in [0, 0.05) is 12.2 Å². The van der Waals surface area contributed by atoms with Gasteiger partial charge >= 0.3 is 0 Å². The quantitative estimate of drug-likeness (QED) is 0.540. The van der Waals surface area contributed by atoms with Gasteiger partial charge in [-0.15, -0.1) is 10.2 Å². The third-order valence-electron chi connectivity index (χ3n) is 5.19. The summed E-state index contributed by atoms with van der Waals surface area (Å²) in [4.78, 5) is 12.8. The summed E-state index contributed by atoms with van der Waals surface area (Å²) in [5.74, 6) is 0.0367. The maximum absolute atomic E-state index is 13.4. The van der Waals surface area contributed by atoms with Crippen molar-refractivity contribution in [3.05, 3.63) is 59.9 Å². The number of nitrogens with one attached hydrogen (secondary N) is 1. The molecule has 1 N–H and O–H groups in total. The largest absolute Gasteiger partial charge is 0.376 e. The molecule has 1 aliphatic heterocycles. The molecule has 7 nitrogen and oxygen atoms in total. The van der Waals surface area contributed by atoms with Gasteiger partial charge in [-0.1, -0.05) is 23.9 Å². The number of ether oxygens (including phenoxy) is 1. The minimum atomic E-state index is -0.490.